The van der Waals surface area contributed by atoms with Crippen molar-refractivity contribution in [2.75, 3.05) is 0 Å². The smallest absolute Gasteiger partial charge is 0.405 e. The first-order valence-corrected chi connectivity index (χ1v) is 18.0. The maximum Gasteiger partial charge on any atom is 0.416 e. The molecule has 3 heterocycles. The summed E-state index contributed by atoms with van der Waals surface area (Å²) in [5.41, 5.74) is -4.75. The molecule has 9 nitrogen and oxygen atoms in total. The first-order valence-electron chi connectivity index (χ1n) is 14.2. The molecule has 17 heteroatoms. The standard InChI is InChI=1S/C31H27ClF6N6O3Si/c1-29(2,47-48(3,4)5)28-23(24(42-46-28)20-8-6-7-9-21(20)32)27(45)25-26(22-15-39-10-11-40-22)44(43-41-25)16-17-12-18(30(33,34)35)14-19(13-17)31(36,37)38/h6-15H,16H2,1-5H3. The summed E-state index contributed by atoms with van der Waals surface area (Å²) < 4.78 is 94.9. The van der Waals surface area contributed by atoms with Crippen molar-refractivity contribution in [1.29, 1.82) is 0 Å². The summed E-state index contributed by atoms with van der Waals surface area (Å²) in [5.74, 6) is -0.752. The number of rotatable bonds is 9. The van der Waals surface area contributed by atoms with Crippen molar-refractivity contribution >= 4 is 25.7 Å². The third-order valence-corrected chi connectivity index (χ3v) is 8.34. The maximum absolute atomic E-state index is 14.6. The van der Waals surface area contributed by atoms with Crippen LogP contribution < -0.4 is 0 Å². The zero-order valence-electron chi connectivity index (χ0n) is 26.0. The van der Waals surface area contributed by atoms with Crippen molar-refractivity contribution in [1.82, 2.24) is 30.1 Å². The summed E-state index contributed by atoms with van der Waals surface area (Å²) in [6.45, 7) is 8.58. The van der Waals surface area contributed by atoms with Crippen LogP contribution in [-0.4, -0.2) is 44.2 Å². The van der Waals surface area contributed by atoms with Gasteiger partial charge in [0.15, 0.2) is 19.8 Å². The minimum absolute atomic E-state index is 0.0174. The van der Waals surface area contributed by atoms with Crippen LogP contribution in [0, 0.1) is 0 Å². The average Bonchev–Trinajstić information content (AvgIpc) is 3.61. The largest absolute Gasteiger partial charge is 0.416 e. The number of halogens is 7. The Hall–Kier alpha value is -4.41. The monoisotopic (exact) mass is 708 g/mol. The minimum Gasteiger partial charge on any atom is -0.405 e. The van der Waals surface area contributed by atoms with Gasteiger partial charge in [0.05, 0.1) is 34.5 Å². The Morgan fingerprint density at radius 3 is 2.19 bits per heavy atom. The van der Waals surface area contributed by atoms with Crippen LogP contribution in [0.3, 0.4) is 0 Å². The Morgan fingerprint density at radius 1 is 0.979 bits per heavy atom. The van der Waals surface area contributed by atoms with Crippen molar-refractivity contribution in [3.05, 3.63) is 99.8 Å². The number of alkyl halides is 6. The quantitative estimate of drug-likeness (QED) is 0.0853. The number of nitrogens with zero attached hydrogens (tertiary/aromatic N) is 6. The van der Waals surface area contributed by atoms with Crippen molar-refractivity contribution in [3.63, 3.8) is 0 Å². The molecule has 0 saturated carbocycles. The van der Waals surface area contributed by atoms with E-state index in [1.54, 1.807) is 38.1 Å². The van der Waals surface area contributed by atoms with Crippen LogP contribution in [0.15, 0.2) is 65.6 Å². The highest BCUT2D eigenvalue weighted by atomic mass is 35.5. The van der Waals surface area contributed by atoms with Crippen molar-refractivity contribution in [2.24, 2.45) is 0 Å². The molecule has 5 aromatic rings. The van der Waals surface area contributed by atoms with Gasteiger partial charge >= 0.3 is 12.4 Å². The van der Waals surface area contributed by atoms with Gasteiger partial charge in [0, 0.05) is 18.0 Å². The van der Waals surface area contributed by atoms with E-state index in [2.05, 4.69) is 25.4 Å². The zero-order valence-corrected chi connectivity index (χ0v) is 27.8. The number of aromatic nitrogens is 6. The number of hydrogen-bond donors (Lipinski definition) is 0. The topological polar surface area (TPSA) is 109 Å². The van der Waals surface area contributed by atoms with Gasteiger partial charge < -0.3 is 8.95 Å². The lowest BCUT2D eigenvalue weighted by atomic mass is 9.93. The van der Waals surface area contributed by atoms with E-state index >= 15 is 0 Å². The van der Waals surface area contributed by atoms with Gasteiger partial charge in [0.1, 0.15) is 22.7 Å². The van der Waals surface area contributed by atoms with Gasteiger partial charge in [-0.15, -0.1) is 5.10 Å². The van der Waals surface area contributed by atoms with Gasteiger partial charge in [-0.05, 0) is 63.3 Å². The number of hydrogen-bond acceptors (Lipinski definition) is 8. The van der Waals surface area contributed by atoms with Crippen LogP contribution >= 0.6 is 11.6 Å². The Labute approximate surface area is 276 Å². The van der Waals surface area contributed by atoms with E-state index in [4.69, 9.17) is 20.6 Å². The summed E-state index contributed by atoms with van der Waals surface area (Å²) in [4.78, 5) is 22.9. The Balaban J connectivity index is 1.72. The highest BCUT2D eigenvalue weighted by molar-refractivity contribution is 6.69. The molecule has 0 aliphatic carbocycles. The second kappa shape index (κ2) is 12.6. The van der Waals surface area contributed by atoms with Gasteiger partial charge in [-0.3, -0.25) is 14.8 Å². The van der Waals surface area contributed by atoms with E-state index in [1.165, 1.54) is 18.6 Å². The molecule has 0 unspecified atom stereocenters. The van der Waals surface area contributed by atoms with Crippen molar-refractivity contribution < 1.29 is 40.1 Å². The highest BCUT2D eigenvalue weighted by Crippen LogP contribution is 2.40. The molecule has 0 fully saturated rings. The van der Waals surface area contributed by atoms with E-state index in [0.717, 1.165) is 4.68 Å². The van der Waals surface area contributed by atoms with E-state index in [0.29, 0.717) is 17.7 Å². The lowest BCUT2D eigenvalue weighted by Crippen LogP contribution is -2.37. The van der Waals surface area contributed by atoms with E-state index in [-0.39, 0.29) is 45.2 Å². The molecule has 252 valence electrons. The molecule has 3 aromatic heterocycles. The van der Waals surface area contributed by atoms with Crippen LogP contribution in [0.5, 0.6) is 0 Å². The van der Waals surface area contributed by atoms with Gasteiger partial charge in [-0.1, -0.05) is 40.2 Å². The van der Waals surface area contributed by atoms with E-state index < -0.39 is 55.3 Å². The van der Waals surface area contributed by atoms with Crippen LogP contribution in [0.25, 0.3) is 22.6 Å². The third kappa shape index (κ3) is 7.34. The summed E-state index contributed by atoms with van der Waals surface area (Å²) >= 11 is 6.49. The van der Waals surface area contributed by atoms with Crippen molar-refractivity contribution in [3.8, 4) is 22.6 Å². The summed E-state index contributed by atoms with van der Waals surface area (Å²) in [7, 11) is -2.27. The normalized spacial score (nSPS) is 12.8. The fraction of sp³-hybridized carbons (Fsp3) is 0.290. The lowest BCUT2D eigenvalue weighted by molar-refractivity contribution is -0.143. The predicted octanol–water partition coefficient (Wildman–Crippen LogP) is 8.45. The molecular formula is C31H27ClF6N6O3Si. The second-order valence-electron chi connectivity index (χ2n) is 12.2. The fourth-order valence-corrected chi connectivity index (χ4v) is 7.06. The minimum atomic E-state index is -5.07. The van der Waals surface area contributed by atoms with Crippen molar-refractivity contribution in [2.45, 2.75) is 58.0 Å². The predicted molar refractivity (Wildman–Crippen MR) is 164 cm³/mol. The Morgan fingerprint density at radius 2 is 1.62 bits per heavy atom. The van der Waals surface area contributed by atoms with E-state index in [9.17, 15) is 31.1 Å². The third-order valence-electron chi connectivity index (χ3n) is 6.89. The van der Waals surface area contributed by atoms with Gasteiger partial charge in [-0.25, -0.2) is 4.68 Å². The Bertz CT molecular complexity index is 1940. The fourth-order valence-electron chi connectivity index (χ4n) is 5.21. The highest BCUT2D eigenvalue weighted by Gasteiger charge is 2.41. The molecule has 5 rings (SSSR count). The van der Waals surface area contributed by atoms with Gasteiger partial charge in [0.25, 0.3) is 0 Å². The summed E-state index contributed by atoms with van der Waals surface area (Å²) in [6.07, 6.45) is -6.26. The summed E-state index contributed by atoms with van der Waals surface area (Å²) in [6, 6.07) is 7.75. The number of carbonyl (C=O) groups is 1. The summed E-state index contributed by atoms with van der Waals surface area (Å²) in [5, 5.41) is 12.5. The second-order valence-corrected chi connectivity index (χ2v) is 17.1. The van der Waals surface area contributed by atoms with Crippen LogP contribution in [0.1, 0.15) is 52.3 Å². The lowest BCUT2D eigenvalue weighted by Gasteiger charge is -2.31. The SMILES string of the molecule is CC(C)(O[Si](C)(C)C)c1onc(-c2ccccc2Cl)c1C(=O)c1nnn(Cc2cc(C(F)(F)F)cc(C(F)(F)F)c2)c1-c1cnccn1. The van der Waals surface area contributed by atoms with Crippen LogP contribution in [0.4, 0.5) is 26.3 Å². The molecule has 0 radical (unpaired) electrons. The molecule has 0 bridgehead atoms. The molecule has 0 atom stereocenters. The number of ketones is 1. The number of carbonyl (C=O) groups excluding carboxylic acids is 1. The first-order chi connectivity index (χ1) is 22.3. The molecule has 2 aromatic carbocycles. The van der Waals surface area contributed by atoms with E-state index in [1.807, 2.05) is 19.6 Å². The molecule has 0 aliphatic heterocycles. The molecule has 0 saturated heterocycles. The zero-order chi connectivity index (χ0) is 35.2. The Kier molecular flexibility index (Phi) is 9.13. The molecule has 0 aliphatic rings. The molecule has 0 spiro atoms. The average molecular weight is 709 g/mol. The maximum atomic E-state index is 14.6. The molecule has 0 amide bonds. The first kappa shape index (κ1) is 34.9. The van der Waals surface area contributed by atoms with Crippen LogP contribution in [0.2, 0.25) is 24.7 Å². The molecule has 48 heavy (non-hydrogen) atoms. The number of benzene rings is 2. The molecular weight excluding hydrogens is 682 g/mol. The van der Waals surface area contributed by atoms with Gasteiger partial charge in [0.2, 0.25) is 5.78 Å². The molecule has 0 N–H and O–H groups in total. The van der Waals surface area contributed by atoms with Gasteiger partial charge in [-0.2, -0.15) is 26.3 Å². The van der Waals surface area contributed by atoms with Crippen LogP contribution in [-0.2, 0) is 28.9 Å².